The van der Waals surface area contributed by atoms with Gasteiger partial charge in [0.05, 0.1) is 38.6 Å². The third-order valence-electron chi connectivity index (χ3n) is 12.7. The number of hydrogen-bond acceptors (Lipinski definition) is 11. The second kappa shape index (κ2) is 18.2. The van der Waals surface area contributed by atoms with Crippen LogP contribution in [0.15, 0.2) is 36.4 Å². The summed E-state index contributed by atoms with van der Waals surface area (Å²) in [5.74, 6) is 0.385. The first-order chi connectivity index (χ1) is 27.1. The van der Waals surface area contributed by atoms with Crippen LogP contribution in [0.25, 0.3) is 0 Å². The third kappa shape index (κ3) is 9.68. The molecule has 2 amide bonds. The highest BCUT2D eigenvalue weighted by atomic mass is 19.4. The van der Waals surface area contributed by atoms with Gasteiger partial charge in [0.2, 0.25) is 11.8 Å². The average molecular weight is 808 g/mol. The Hall–Kier alpha value is -3.54. The highest BCUT2D eigenvalue weighted by molar-refractivity contribution is 5.81. The molecule has 5 N–H and O–H groups in total. The molecule has 16 heteroatoms. The summed E-state index contributed by atoms with van der Waals surface area (Å²) in [7, 11) is 0. The number of alkyl halides is 3. The van der Waals surface area contributed by atoms with Crippen molar-refractivity contribution in [3.63, 3.8) is 0 Å². The quantitative estimate of drug-likeness (QED) is 0.156. The minimum atomic E-state index is -4.74. The van der Waals surface area contributed by atoms with Gasteiger partial charge in [-0.25, -0.2) is 4.98 Å². The van der Waals surface area contributed by atoms with Crippen LogP contribution in [0.2, 0.25) is 0 Å². The molecule has 3 fully saturated rings. The molecule has 1 saturated heterocycles. The van der Waals surface area contributed by atoms with E-state index in [0.717, 1.165) is 62.5 Å². The van der Waals surface area contributed by atoms with Crippen LogP contribution in [0.1, 0.15) is 82.0 Å². The van der Waals surface area contributed by atoms with Gasteiger partial charge >= 0.3 is 6.18 Å². The van der Waals surface area contributed by atoms with Gasteiger partial charge in [-0.15, -0.1) is 0 Å². The van der Waals surface area contributed by atoms with Crippen molar-refractivity contribution in [3.8, 4) is 11.6 Å². The SMILES string of the molecule is C[C@H]1O[C@H](C(=O)NCCOCCOCC(=O)NCCCOc2ccc3c(c2)CC[C@@]2(C)[C@@H]4CC[C@H](O)[C@@]4(C)CC[C@H]32)[C@H](Oc2cccc(C(F)(F)F)n2)[C@@H](O)[C@H]1O. The predicted octanol–water partition coefficient (Wildman–Crippen LogP) is 3.70. The summed E-state index contributed by atoms with van der Waals surface area (Å²) in [5, 5.41) is 37.0. The fourth-order valence-corrected chi connectivity index (χ4v) is 9.59. The largest absolute Gasteiger partial charge is 0.494 e. The topological polar surface area (TPSA) is 178 Å². The van der Waals surface area contributed by atoms with Gasteiger partial charge in [0.25, 0.3) is 5.91 Å². The molecule has 2 heterocycles. The van der Waals surface area contributed by atoms with Crippen LogP contribution in [-0.4, -0.2) is 115 Å². The van der Waals surface area contributed by atoms with Crippen LogP contribution < -0.4 is 20.1 Å². The van der Waals surface area contributed by atoms with Crippen LogP contribution in [0.4, 0.5) is 13.2 Å². The van der Waals surface area contributed by atoms with Gasteiger partial charge in [-0.05, 0) is 104 Å². The van der Waals surface area contributed by atoms with Gasteiger partial charge in [-0.1, -0.05) is 26.0 Å². The van der Waals surface area contributed by atoms with Gasteiger partial charge < -0.3 is 49.6 Å². The summed E-state index contributed by atoms with van der Waals surface area (Å²) in [4.78, 5) is 28.6. The van der Waals surface area contributed by atoms with Crippen molar-refractivity contribution < 1.29 is 61.8 Å². The van der Waals surface area contributed by atoms with Crippen LogP contribution >= 0.6 is 0 Å². The lowest BCUT2D eigenvalue weighted by atomic mass is 9.48. The zero-order valence-corrected chi connectivity index (χ0v) is 32.8. The number of carbonyl (C=O) groups excluding carboxylic acids is 2. The van der Waals surface area contributed by atoms with Crippen molar-refractivity contribution in [2.45, 2.75) is 114 Å². The number of carbonyl (C=O) groups is 2. The molecule has 2 aromatic rings. The lowest BCUT2D eigenvalue weighted by Gasteiger charge is -2.57. The predicted molar refractivity (Wildman–Crippen MR) is 199 cm³/mol. The summed E-state index contributed by atoms with van der Waals surface area (Å²) < 4.78 is 67.2. The number of aromatic nitrogens is 1. The number of ether oxygens (including phenoxy) is 5. The molecule has 0 radical (unpaired) electrons. The van der Waals surface area contributed by atoms with E-state index in [1.165, 1.54) is 18.1 Å². The van der Waals surface area contributed by atoms with E-state index < -0.39 is 54.2 Å². The Morgan fingerprint density at radius 1 is 0.930 bits per heavy atom. The Balaban J connectivity index is 0.827. The van der Waals surface area contributed by atoms with Crippen molar-refractivity contribution in [2.75, 3.05) is 46.1 Å². The zero-order valence-electron chi connectivity index (χ0n) is 32.8. The molecule has 1 aromatic carbocycles. The van der Waals surface area contributed by atoms with Crippen molar-refractivity contribution in [2.24, 2.45) is 16.7 Å². The normalized spacial score (nSPS) is 32.1. The van der Waals surface area contributed by atoms with Crippen LogP contribution in [0, 0.1) is 16.7 Å². The lowest BCUT2D eigenvalue weighted by Crippen LogP contribution is -2.63. The van der Waals surface area contributed by atoms with Crippen LogP contribution in [0.3, 0.4) is 0 Å². The highest BCUT2D eigenvalue weighted by Gasteiger charge is 2.59. The fourth-order valence-electron chi connectivity index (χ4n) is 9.59. The first kappa shape index (κ1) is 43.0. The molecule has 0 spiro atoms. The van der Waals surface area contributed by atoms with Crippen molar-refractivity contribution in [3.05, 3.63) is 53.2 Å². The van der Waals surface area contributed by atoms with Gasteiger partial charge in [0.1, 0.15) is 30.3 Å². The minimum Gasteiger partial charge on any atom is -0.494 e. The number of nitrogens with one attached hydrogen (secondary N) is 2. The number of aliphatic hydroxyl groups excluding tert-OH is 3. The Morgan fingerprint density at radius 3 is 2.51 bits per heavy atom. The second-order valence-electron chi connectivity index (χ2n) is 16.3. The van der Waals surface area contributed by atoms with Crippen molar-refractivity contribution in [1.29, 1.82) is 0 Å². The number of aryl methyl sites for hydroxylation is 1. The molecule has 316 valence electrons. The summed E-state index contributed by atoms with van der Waals surface area (Å²) >= 11 is 0. The maximum Gasteiger partial charge on any atom is 0.433 e. The molecule has 0 unspecified atom stereocenters. The van der Waals surface area contributed by atoms with E-state index in [4.69, 9.17) is 23.7 Å². The molecule has 6 rings (SSSR count). The molecule has 0 bridgehead atoms. The summed E-state index contributed by atoms with van der Waals surface area (Å²) in [6, 6.07) is 9.42. The van der Waals surface area contributed by atoms with E-state index in [-0.39, 0.29) is 55.8 Å². The Labute approximate surface area is 331 Å². The number of fused-ring (bicyclic) bond motifs is 5. The molecular weight excluding hydrogens is 751 g/mol. The van der Waals surface area contributed by atoms with Crippen LogP contribution in [0.5, 0.6) is 11.6 Å². The summed E-state index contributed by atoms with van der Waals surface area (Å²) in [5.41, 5.74) is 1.82. The molecule has 10 atom stereocenters. The number of nitrogens with zero attached hydrogens (tertiary/aromatic N) is 1. The second-order valence-corrected chi connectivity index (χ2v) is 16.3. The molecular formula is C41H56F3N3O10. The lowest BCUT2D eigenvalue weighted by molar-refractivity contribution is -0.211. The van der Waals surface area contributed by atoms with E-state index in [1.807, 2.05) is 0 Å². The molecule has 13 nitrogen and oxygen atoms in total. The Kier molecular flexibility index (Phi) is 13.7. The fraction of sp³-hybridized carbons (Fsp3) is 0.683. The number of halogens is 3. The number of benzene rings is 1. The van der Waals surface area contributed by atoms with E-state index in [2.05, 4.69) is 47.7 Å². The number of amides is 2. The van der Waals surface area contributed by atoms with Crippen molar-refractivity contribution >= 4 is 11.8 Å². The molecule has 4 aliphatic rings. The number of pyridine rings is 1. The van der Waals surface area contributed by atoms with E-state index in [1.54, 1.807) is 0 Å². The van der Waals surface area contributed by atoms with Crippen LogP contribution in [-0.2, 0) is 36.4 Å². The molecule has 1 aliphatic heterocycles. The standard InChI is InChI=1S/C41H56F3N3O10/c1-24-34(50)35(51)36(57-33-7-4-6-30(47-33)41(42,43)44)37(56-24)38(52)46-17-19-53-20-21-54-23-32(49)45-16-5-18-55-26-8-9-27-25(22-26)12-14-39(2)28(27)13-15-40(3)29(39)10-11-31(40)48/h4,6-9,22,24,28-29,31,34-37,48,50-51H,5,10-21,23H2,1-3H3,(H,45,49)(H,46,52)/t24-,28-,29+,31+,34+,35+,36-,37+,39-,40+/m1/s1. The monoisotopic (exact) mass is 807 g/mol. The average Bonchev–Trinajstić information content (AvgIpc) is 3.49. The number of aliphatic hydroxyl groups is 3. The third-order valence-corrected chi connectivity index (χ3v) is 12.7. The zero-order chi connectivity index (χ0) is 41.0. The summed E-state index contributed by atoms with van der Waals surface area (Å²) in [6.07, 6.45) is -5.08. The highest BCUT2D eigenvalue weighted by Crippen LogP contribution is 2.66. The molecule has 1 aromatic heterocycles. The molecule has 3 aliphatic carbocycles. The van der Waals surface area contributed by atoms with Gasteiger partial charge in [0, 0.05) is 19.2 Å². The first-order valence-corrected chi connectivity index (χ1v) is 20.0. The smallest absolute Gasteiger partial charge is 0.433 e. The maximum atomic E-state index is 13.1. The van der Waals surface area contributed by atoms with Gasteiger partial charge in [-0.2, -0.15) is 13.2 Å². The summed E-state index contributed by atoms with van der Waals surface area (Å²) in [6.45, 7) is 7.25. The maximum absolute atomic E-state index is 13.1. The molecule has 57 heavy (non-hydrogen) atoms. The minimum absolute atomic E-state index is 0.0138. The Bertz CT molecular complexity index is 1700. The van der Waals surface area contributed by atoms with Gasteiger partial charge in [0.15, 0.2) is 12.2 Å². The Morgan fingerprint density at radius 2 is 1.72 bits per heavy atom. The first-order valence-electron chi connectivity index (χ1n) is 20.0. The van der Waals surface area contributed by atoms with E-state index in [9.17, 15) is 38.1 Å². The van der Waals surface area contributed by atoms with E-state index >= 15 is 0 Å². The van der Waals surface area contributed by atoms with E-state index in [0.29, 0.717) is 31.4 Å². The van der Waals surface area contributed by atoms with Gasteiger partial charge in [-0.3, -0.25) is 9.59 Å². The van der Waals surface area contributed by atoms with Crippen molar-refractivity contribution in [1.82, 2.24) is 15.6 Å². The number of rotatable bonds is 16. The number of hydrogen-bond donors (Lipinski definition) is 5. The molecule has 2 saturated carbocycles.